The largest absolute Gasteiger partial charge is 0.354 e. The van der Waals surface area contributed by atoms with Gasteiger partial charge in [0, 0.05) is 5.02 Å². The second kappa shape index (κ2) is 7.13. The number of halogens is 1. The van der Waals surface area contributed by atoms with Crippen molar-refractivity contribution in [2.45, 2.75) is 65.1 Å². The van der Waals surface area contributed by atoms with Crippen molar-refractivity contribution in [2.75, 3.05) is 0 Å². The van der Waals surface area contributed by atoms with Crippen molar-refractivity contribution in [1.29, 1.82) is 0 Å². The molecule has 0 amide bonds. The summed E-state index contributed by atoms with van der Waals surface area (Å²) in [7, 11) is 0. The molecular formula is C24H27ClO3. The smallest absolute Gasteiger partial charge is 0.179 e. The monoisotopic (exact) mass is 398 g/mol. The highest BCUT2D eigenvalue weighted by Gasteiger charge is 2.53. The molecule has 1 aliphatic heterocycles. The van der Waals surface area contributed by atoms with Crippen molar-refractivity contribution in [2.24, 2.45) is 0 Å². The van der Waals surface area contributed by atoms with E-state index in [2.05, 4.69) is 6.07 Å². The number of ether oxygens (including phenoxy) is 1. The molecule has 0 saturated carbocycles. The summed E-state index contributed by atoms with van der Waals surface area (Å²) in [6, 6.07) is 11.8. The van der Waals surface area contributed by atoms with E-state index in [0.29, 0.717) is 5.02 Å². The van der Waals surface area contributed by atoms with Crippen LogP contribution in [0.15, 0.2) is 36.4 Å². The van der Waals surface area contributed by atoms with E-state index in [9.17, 15) is 9.59 Å². The molecule has 2 aromatic rings. The number of Topliss-reactive ketones (excluding diaryl/α,β-unsaturated/α-hetero) is 2. The van der Waals surface area contributed by atoms with Gasteiger partial charge in [-0.3, -0.25) is 9.59 Å². The van der Waals surface area contributed by atoms with Crippen LogP contribution in [0.2, 0.25) is 5.02 Å². The Morgan fingerprint density at radius 2 is 1.57 bits per heavy atom. The highest BCUT2D eigenvalue weighted by atomic mass is 35.5. The molecule has 0 aromatic heterocycles. The van der Waals surface area contributed by atoms with Gasteiger partial charge < -0.3 is 4.74 Å². The van der Waals surface area contributed by atoms with E-state index >= 15 is 0 Å². The third-order valence-electron chi connectivity index (χ3n) is 5.56. The van der Waals surface area contributed by atoms with Gasteiger partial charge >= 0.3 is 0 Å². The minimum Gasteiger partial charge on any atom is -0.354 e. The molecule has 0 radical (unpaired) electrons. The fourth-order valence-electron chi connectivity index (χ4n) is 4.15. The zero-order valence-electron chi connectivity index (χ0n) is 17.4. The van der Waals surface area contributed by atoms with E-state index in [1.807, 2.05) is 44.2 Å². The van der Waals surface area contributed by atoms with Crippen LogP contribution >= 0.6 is 11.6 Å². The number of aryl methyl sites for hydroxylation is 2. The molecule has 0 bridgehead atoms. The molecule has 28 heavy (non-hydrogen) atoms. The van der Waals surface area contributed by atoms with Crippen LogP contribution in [0.1, 0.15) is 57.2 Å². The van der Waals surface area contributed by atoms with E-state index in [-0.39, 0.29) is 11.6 Å². The van der Waals surface area contributed by atoms with Crippen LogP contribution in [-0.4, -0.2) is 22.8 Å². The number of rotatable bonds is 3. The van der Waals surface area contributed by atoms with Crippen LogP contribution in [0.25, 0.3) is 11.1 Å². The van der Waals surface area contributed by atoms with Crippen molar-refractivity contribution in [1.82, 2.24) is 0 Å². The average Bonchev–Trinajstić information content (AvgIpc) is 2.60. The quantitative estimate of drug-likeness (QED) is 0.624. The van der Waals surface area contributed by atoms with Gasteiger partial charge in [-0.15, -0.1) is 0 Å². The Kier molecular flexibility index (Phi) is 5.28. The Morgan fingerprint density at radius 1 is 0.964 bits per heavy atom. The second-order valence-electron chi connectivity index (χ2n) is 8.51. The predicted octanol–water partition coefficient (Wildman–Crippen LogP) is 5.69. The van der Waals surface area contributed by atoms with Crippen molar-refractivity contribution >= 4 is 23.2 Å². The molecule has 1 aliphatic rings. The van der Waals surface area contributed by atoms with Gasteiger partial charge in [-0.05, 0) is 81.0 Å². The van der Waals surface area contributed by atoms with Gasteiger partial charge in [0.2, 0.25) is 0 Å². The summed E-state index contributed by atoms with van der Waals surface area (Å²) in [6.07, 6.45) is 0.731. The molecule has 1 saturated heterocycles. The standard InChI is InChI=1S/C24H27ClO3/c1-7-15-13-16(18-11-9-17(25)12-14(18)2)8-10-19(15)20-21(26)23(3,4)28-24(5,6)22(20)27/h8-13,20H,7H2,1-6H3. The molecule has 0 N–H and O–H groups in total. The molecule has 0 spiro atoms. The Labute approximate surface area is 172 Å². The van der Waals surface area contributed by atoms with Gasteiger partial charge in [0.1, 0.15) is 17.1 Å². The summed E-state index contributed by atoms with van der Waals surface area (Å²) in [5.41, 5.74) is 3.03. The maximum absolute atomic E-state index is 13.1. The summed E-state index contributed by atoms with van der Waals surface area (Å²) >= 11 is 6.09. The zero-order valence-corrected chi connectivity index (χ0v) is 18.1. The summed E-state index contributed by atoms with van der Waals surface area (Å²) in [4.78, 5) is 26.2. The minimum absolute atomic E-state index is 0.179. The summed E-state index contributed by atoms with van der Waals surface area (Å²) in [5, 5.41) is 0.705. The summed E-state index contributed by atoms with van der Waals surface area (Å²) in [5.74, 6) is -1.15. The number of hydrogen-bond acceptors (Lipinski definition) is 3. The molecule has 0 aliphatic carbocycles. The van der Waals surface area contributed by atoms with Gasteiger partial charge in [-0.2, -0.15) is 0 Å². The van der Waals surface area contributed by atoms with Gasteiger partial charge in [-0.25, -0.2) is 0 Å². The first-order chi connectivity index (χ1) is 13.0. The third-order valence-corrected chi connectivity index (χ3v) is 5.79. The molecule has 0 atom stereocenters. The Bertz CT molecular complexity index is 930. The Morgan fingerprint density at radius 3 is 2.11 bits per heavy atom. The number of hydrogen-bond donors (Lipinski definition) is 0. The Balaban J connectivity index is 2.12. The molecule has 2 aromatic carbocycles. The number of ketones is 2. The van der Waals surface area contributed by atoms with Crippen molar-refractivity contribution in [3.05, 3.63) is 58.1 Å². The fourth-order valence-corrected chi connectivity index (χ4v) is 4.37. The molecule has 148 valence electrons. The lowest BCUT2D eigenvalue weighted by atomic mass is 9.73. The first-order valence-electron chi connectivity index (χ1n) is 9.66. The Hall–Kier alpha value is -1.97. The second-order valence-corrected chi connectivity index (χ2v) is 8.95. The maximum atomic E-state index is 13.1. The van der Waals surface area contributed by atoms with Crippen molar-refractivity contribution in [3.63, 3.8) is 0 Å². The number of benzene rings is 2. The first-order valence-corrected chi connectivity index (χ1v) is 10.0. The van der Waals surface area contributed by atoms with Crippen LogP contribution in [0, 0.1) is 6.92 Å². The van der Waals surface area contributed by atoms with E-state index in [1.54, 1.807) is 27.7 Å². The first kappa shape index (κ1) is 20.8. The summed E-state index contributed by atoms with van der Waals surface area (Å²) in [6.45, 7) is 11.0. The summed E-state index contributed by atoms with van der Waals surface area (Å²) < 4.78 is 5.82. The SMILES string of the molecule is CCc1cc(-c2ccc(Cl)cc2C)ccc1C1C(=O)C(C)(C)OC(C)(C)C1=O. The number of carbonyl (C=O) groups is 2. The normalized spacial score (nSPS) is 19.1. The fraction of sp³-hybridized carbons (Fsp3) is 0.417. The van der Waals surface area contributed by atoms with Crippen LogP contribution in [0.3, 0.4) is 0 Å². The third kappa shape index (κ3) is 3.54. The van der Waals surface area contributed by atoms with E-state index in [4.69, 9.17) is 16.3 Å². The zero-order chi connectivity index (χ0) is 20.9. The van der Waals surface area contributed by atoms with E-state index in [1.165, 1.54) is 0 Å². The number of carbonyl (C=O) groups excluding carboxylic acids is 2. The van der Waals surface area contributed by atoms with Gasteiger partial charge in [0.25, 0.3) is 0 Å². The van der Waals surface area contributed by atoms with Crippen LogP contribution in [0.5, 0.6) is 0 Å². The molecule has 0 unspecified atom stereocenters. The molecule has 3 rings (SSSR count). The van der Waals surface area contributed by atoms with Crippen LogP contribution < -0.4 is 0 Å². The van der Waals surface area contributed by atoms with E-state index < -0.39 is 17.1 Å². The van der Waals surface area contributed by atoms with Gasteiger partial charge in [-0.1, -0.05) is 42.8 Å². The maximum Gasteiger partial charge on any atom is 0.179 e. The van der Waals surface area contributed by atoms with Crippen LogP contribution in [0.4, 0.5) is 0 Å². The topological polar surface area (TPSA) is 43.4 Å². The molecule has 4 heteroatoms. The average molecular weight is 399 g/mol. The predicted molar refractivity (Wildman–Crippen MR) is 113 cm³/mol. The lowest BCUT2D eigenvalue weighted by Gasteiger charge is -2.43. The van der Waals surface area contributed by atoms with Gasteiger partial charge in [0.05, 0.1) is 0 Å². The van der Waals surface area contributed by atoms with Crippen molar-refractivity contribution in [3.8, 4) is 11.1 Å². The highest BCUT2D eigenvalue weighted by Crippen LogP contribution is 2.40. The minimum atomic E-state index is -1.00. The molecule has 1 fully saturated rings. The molecule has 3 nitrogen and oxygen atoms in total. The molecule has 1 heterocycles. The van der Waals surface area contributed by atoms with Gasteiger partial charge in [0.15, 0.2) is 11.6 Å². The highest BCUT2D eigenvalue weighted by molar-refractivity contribution is 6.30. The van der Waals surface area contributed by atoms with E-state index in [0.717, 1.165) is 34.2 Å². The van der Waals surface area contributed by atoms with Crippen LogP contribution in [-0.2, 0) is 20.7 Å². The van der Waals surface area contributed by atoms with Crippen molar-refractivity contribution < 1.29 is 14.3 Å². The lowest BCUT2D eigenvalue weighted by molar-refractivity contribution is -0.184. The lowest BCUT2D eigenvalue weighted by Crippen LogP contribution is -2.58. The molecular weight excluding hydrogens is 372 g/mol.